The molecule has 0 heterocycles. The van der Waals surface area contributed by atoms with Gasteiger partial charge in [-0.25, -0.2) is 8.42 Å². The molecule has 0 saturated carbocycles. The Hall–Kier alpha value is -1.01. The van der Waals surface area contributed by atoms with Crippen LogP contribution in [0.4, 0.5) is 5.69 Å². The number of thiol groups is 1. The average molecular weight is 286 g/mol. The number of ether oxygens (including phenoxy) is 1. The largest absolute Gasteiger partial charge is 0.489 e. The molecule has 0 saturated heterocycles. The van der Waals surface area contributed by atoms with Crippen molar-refractivity contribution in [2.24, 2.45) is 0 Å². The summed E-state index contributed by atoms with van der Waals surface area (Å²) in [6.45, 7) is 0.490. The fraction of sp³-hybridized carbons (Fsp3) is 0.0769. The van der Waals surface area contributed by atoms with Crippen LogP contribution in [0.2, 0.25) is 0 Å². The van der Waals surface area contributed by atoms with Crippen LogP contribution in [0, 0.1) is 0 Å². The first kappa shape index (κ1) is 16.0. The second-order valence-electron chi connectivity index (χ2n) is 3.67. The van der Waals surface area contributed by atoms with E-state index in [1.807, 2.05) is 30.3 Å². The predicted molar refractivity (Wildman–Crippen MR) is 76.9 cm³/mol. The van der Waals surface area contributed by atoms with E-state index in [1.54, 1.807) is 24.3 Å². The molecule has 6 heteroatoms. The maximum Gasteiger partial charge on any atom is 0.222 e. The summed E-state index contributed by atoms with van der Waals surface area (Å²) < 4.78 is 28.8. The second-order valence-corrected chi connectivity index (χ2v) is 4.41. The Morgan fingerprint density at radius 1 is 0.947 bits per heavy atom. The normalized spacial score (nSPS) is 9.74. The number of rotatable bonds is 5. The van der Waals surface area contributed by atoms with Crippen LogP contribution < -0.4 is 9.46 Å². The van der Waals surface area contributed by atoms with E-state index >= 15 is 0 Å². The third kappa shape index (κ3) is 5.65. The second kappa shape index (κ2) is 8.22. The molecule has 0 amide bonds. The fourth-order valence-electron chi connectivity index (χ4n) is 1.47. The van der Waals surface area contributed by atoms with E-state index in [4.69, 9.17) is 4.74 Å². The third-order valence-corrected chi connectivity index (χ3v) is 2.76. The van der Waals surface area contributed by atoms with Crippen molar-refractivity contribution in [1.82, 2.24) is 0 Å². The van der Waals surface area contributed by atoms with Crippen LogP contribution in [0.15, 0.2) is 54.6 Å². The minimum absolute atomic E-state index is 0. The summed E-state index contributed by atoms with van der Waals surface area (Å²) in [6.07, 6.45) is 0. The Morgan fingerprint density at radius 3 is 2.16 bits per heavy atom. The van der Waals surface area contributed by atoms with E-state index in [0.29, 0.717) is 18.0 Å². The molecule has 4 nitrogen and oxygen atoms in total. The van der Waals surface area contributed by atoms with Crippen molar-refractivity contribution in [3.63, 3.8) is 0 Å². The molecule has 1 N–H and O–H groups in total. The van der Waals surface area contributed by atoms with Gasteiger partial charge >= 0.3 is 0 Å². The van der Waals surface area contributed by atoms with Gasteiger partial charge in [0.25, 0.3) is 0 Å². The standard InChI is InChI=1S/C13H13NO3S.Na/c15-18(16)14-12-6-8-13(9-7-12)17-10-11-4-2-1-3-5-11;/h1-9,18H,10H2,(H,14,15,16);. The van der Waals surface area contributed by atoms with E-state index in [9.17, 15) is 8.42 Å². The molecule has 0 aliphatic heterocycles. The van der Waals surface area contributed by atoms with Gasteiger partial charge in [0.05, 0.1) is 0 Å². The molecule has 2 rings (SSSR count). The SMILES string of the molecule is O=[SH](=O)Nc1ccc(OCc2ccccc2)cc1.[Na]. The zero-order valence-corrected chi connectivity index (χ0v) is 13.5. The minimum atomic E-state index is -2.62. The van der Waals surface area contributed by atoms with E-state index in [0.717, 1.165) is 5.56 Å². The molecule has 0 aliphatic carbocycles. The van der Waals surface area contributed by atoms with Gasteiger partial charge in [-0.2, -0.15) is 0 Å². The van der Waals surface area contributed by atoms with Crippen LogP contribution in [-0.2, 0) is 17.5 Å². The molecule has 0 spiro atoms. The topological polar surface area (TPSA) is 55.4 Å². The molecule has 0 atom stereocenters. The molecule has 0 aromatic heterocycles. The fourth-order valence-corrected chi connectivity index (χ4v) is 1.83. The summed E-state index contributed by atoms with van der Waals surface area (Å²) in [5.41, 5.74) is 1.61. The Balaban J connectivity index is 0.00000180. The van der Waals surface area contributed by atoms with Crippen LogP contribution >= 0.6 is 0 Å². The van der Waals surface area contributed by atoms with Gasteiger partial charge in [0.15, 0.2) is 0 Å². The van der Waals surface area contributed by atoms with E-state index in [2.05, 4.69) is 4.72 Å². The van der Waals surface area contributed by atoms with Gasteiger partial charge in [-0.15, -0.1) is 0 Å². The van der Waals surface area contributed by atoms with Crippen molar-refractivity contribution in [2.45, 2.75) is 6.61 Å². The Morgan fingerprint density at radius 2 is 1.58 bits per heavy atom. The molecule has 0 unspecified atom stereocenters. The molecular formula is C13H13NNaO3S. The molecule has 1 radical (unpaired) electrons. The van der Waals surface area contributed by atoms with Crippen molar-refractivity contribution < 1.29 is 13.2 Å². The number of benzene rings is 2. The minimum Gasteiger partial charge on any atom is -0.489 e. The van der Waals surface area contributed by atoms with E-state index < -0.39 is 10.9 Å². The molecule has 95 valence electrons. The number of hydrogen-bond donors (Lipinski definition) is 2. The van der Waals surface area contributed by atoms with Crippen LogP contribution in [0.1, 0.15) is 5.56 Å². The average Bonchev–Trinajstić information content (AvgIpc) is 2.38. The zero-order valence-electron chi connectivity index (χ0n) is 10.6. The first-order valence-corrected chi connectivity index (χ1v) is 6.59. The van der Waals surface area contributed by atoms with Crippen molar-refractivity contribution in [3.05, 3.63) is 60.2 Å². The van der Waals surface area contributed by atoms with Crippen LogP contribution in [0.3, 0.4) is 0 Å². The van der Waals surface area contributed by atoms with Gasteiger partial charge in [0.1, 0.15) is 12.4 Å². The van der Waals surface area contributed by atoms with Crippen molar-refractivity contribution in [3.8, 4) is 5.75 Å². The van der Waals surface area contributed by atoms with Gasteiger partial charge in [-0.1, -0.05) is 30.3 Å². The van der Waals surface area contributed by atoms with Crippen molar-refractivity contribution >= 4 is 46.1 Å². The Labute approximate surface area is 136 Å². The zero-order chi connectivity index (χ0) is 12.8. The molecule has 0 bridgehead atoms. The first-order chi connectivity index (χ1) is 8.74. The van der Waals surface area contributed by atoms with Crippen LogP contribution in [0.5, 0.6) is 5.75 Å². The number of hydrogen-bond acceptors (Lipinski definition) is 3. The summed E-state index contributed by atoms with van der Waals surface area (Å²) in [5.74, 6) is 0.700. The Bertz CT molecular complexity index is 562. The maximum atomic E-state index is 10.5. The molecule has 19 heavy (non-hydrogen) atoms. The summed E-state index contributed by atoms with van der Waals surface area (Å²) in [5, 5.41) is 0. The van der Waals surface area contributed by atoms with Gasteiger partial charge < -0.3 is 4.74 Å². The van der Waals surface area contributed by atoms with Gasteiger partial charge in [-0.3, -0.25) is 4.72 Å². The molecule has 2 aromatic carbocycles. The summed E-state index contributed by atoms with van der Waals surface area (Å²) in [7, 11) is -2.62. The number of anilines is 1. The van der Waals surface area contributed by atoms with E-state index in [-0.39, 0.29) is 29.6 Å². The quantitative estimate of drug-likeness (QED) is 0.651. The van der Waals surface area contributed by atoms with Crippen molar-refractivity contribution in [2.75, 3.05) is 4.72 Å². The Kier molecular flexibility index (Phi) is 6.94. The first-order valence-electron chi connectivity index (χ1n) is 5.42. The van der Waals surface area contributed by atoms with E-state index in [1.165, 1.54) is 0 Å². The monoisotopic (exact) mass is 286 g/mol. The molecular weight excluding hydrogens is 273 g/mol. The number of nitrogens with one attached hydrogen (secondary N) is 1. The molecule has 0 aliphatic rings. The van der Waals surface area contributed by atoms with Gasteiger partial charge in [0.2, 0.25) is 10.9 Å². The summed E-state index contributed by atoms with van der Waals surface area (Å²) >= 11 is 0. The predicted octanol–water partition coefficient (Wildman–Crippen LogP) is 1.82. The van der Waals surface area contributed by atoms with Gasteiger partial charge in [0, 0.05) is 35.2 Å². The van der Waals surface area contributed by atoms with Gasteiger partial charge in [-0.05, 0) is 29.8 Å². The maximum absolute atomic E-state index is 10.5. The van der Waals surface area contributed by atoms with Crippen LogP contribution in [-0.4, -0.2) is 38.0 Å². The summed E-state index contributed by atoms with van der Waals surface area (Å²) in [6, 6.07) is 16.6. The summed E-state index contributed by atoms with van der Waals surface area (Å²) in [4.78, 5) is 0. The van der Waals surface area contributed by atoms with Crippen LogP contribution in [0.25, 0.3) is 0 Å². The van der Waals surface area contributed by atoms with Crippen molar-refractivity contribution in [1.29, 1.82) is 0 Å². The third-order valence-electron chi connectivity index (χ3n) is 2.32. The molecule has 2 aromatic rings. The smallest absolute Gasteiger partial charge is 0.222 e. The molecule has 0 fully saturated rings.